The smallest absolute Gasteiger partial charge is 0.220 e. The number of carbonyl (C=O) groups excluding carboxylic acids is 1. The first-order valence-electron chi connectivity index (χ1n) is 33.7. The second-order valence-corrected chi connectivity index (χ2v) is 23.2. The SMILES string of the molecule is CCCCCCCCCCCCCCCCCCCCCC/C=C/CC/C=C/CC/C=C/C(O)C(CO)NC(=O)CCCCCCCCCCCCCCCCCCCCCCCCCCCCCCCCC. The number of nitrogens with one attached hydrogen (secondary N) is 1. The van der Waals surface area contributed by atoms with E-state index in [1.54, 1.807) is 6.08 Å². The number of carbonyl (C=O) groups is 1. The number of unbranched alkanes of at least 4 members (excludes halogenated alkanes) is 52. The van der Waals surface area contributed by atoms with Crippen LogP contribution in [0.4, 0.5) is 0 Å². The molecular formula is C69H133NO3. The molecule has 0 rings (SSSR count). The van der Waals surface area contributed by atoms with Crippen LogP contribution in [0.2, 0.25) is 0 Å². The standard InChI is InChI=1S/C69H133NO3/c1-3-5-7-9-11-13-15-17-19-21-23-25-27-29-31-33-35-37-39-41-43-45-47-49-51-53-55-57-59-61-63-65-69(73)70-67(66-71)68(72)64-62-60-58-56-54-52-50-48-46-44-42-40-38-36-34-32-30-28-26-24-22-20-18-16-14-12-10-8-6-4-2/h46,48,54,56,62,64,67-68,71-72H,3-45,47,49-53,55,57-61,63,65-66H2,1-2H3,(H,70,73)/b48-46+,56-54+,64-62+. The Balaban J connectivity index is 3.47. The maximum atomic E-state index is 12.5. The lowest BCUT2D eigenvalue weighted by atomic mass is 10.0. The molecule has 73 heavy (non-hydrogen) atoms. The van der Waals surface area contributed by atoms with Gasteiger partial charge in [0, 0.05) is 6.42 Å². The Morgan fingerprint density at radius 2 is 0.534 bits per heavy atom. The second-order valence-electron chi connectivity index (χ2n) is 23.2. The number of amides is 1. The molecule has 0 saturated heterocycles. The van der Waals surface area contributed by atoms with Gasteiger partial charge in [-0.3, -0.25) is 4.79 Å². The maximum Gasteiger partial charge on any atom is 0.220 e. The molecule has 2 unspecified atom stereocenters. The van der Waals surface area contributed by atoms with Crippen molar-refractivity contribution in [2.75, 3.05) is 6.61 Å². The summed E-state index contributed by atoms with van der Waals surface area (Å²) in [4.78, 5) is 12.5. The number of aliphatic hydroxyl groups is 2. The van der Waals surface area contributed by atoms with Crippen molar-refractivity contribution in [3.63, 3.8) is 0 Å². The van der Waals surface area contributed by atoms with Crippen molar-refractivity contribution in [2.45, 2.75) is 392 Å². The molecule has 0 aromatic carbocycles. The summed E-state index contributed by atoms with van der Waals surface area (Å²) in [7, 11) is 0. The van der Waals surface area contributed by atoms with Gasteiger partial charge in [0.15, 0.2) is 0 Å². The molecule has 0 spiro atoms. The van der Waals surface area contributed by atoms with Crippen LogP contribution >= 0.6 is 0 Å². The minimum absolute atomic E-state index is 0.0698. The van der Waals surface area contributed by atoms with Crippen molar-refractivity contribution in [1.82, 2.24) is 5.32 Å². The lowest BCUT2D eigenvalue weighted by molar-refractivity contribution is -0.123. The summed E-state index contributed by atoms with van der Waals surface area (Å²) in [5, 5.41) is 23.2. The fourth-order valence-electron chi connectivity index (χ4n) is 10.7. The van der Waals surface area contributed by atoms with E-state index < -0.39 is 12.1 Å². The summed E-state index contributed by atoms with van der Waals surface area (Å²) < 4.78 is 0. The predicted octanol–water partition coefficient (Wildman–Crippen LogP) is 22.8. The summed E-state index contributed by atoms with van der Waals surface area (Å²) in [6, 6.07) is -0.645. The van der Waals surface area contributed by atoms with Gasteiger partial charge < -0.3 is 15.5 Å². The quantitative estimate of drug-likeness (QED) is 0.0420. The molecule has 0 aliphatic carbocycles. The molecule has 4 nitrogen and oxygen atoms in total. The Morgan fingerprint density at radius 1 is 0.315 bits per heavy atom. The molecule has 0 aliphatic heterocycles. The van der Waals surface area contributed by atoms with Crippen LogP contribution in [0, 0.1) is 0 Å². The van der Waals surface area contributed by atoms with E-state index in [0.717, 1.165) is 38.5 Å². The number of allylic oxidation sites excluding steroid dienone is 5. The molecule has 0 aromatic rings. The minimum Gasteiger partial charge on any atom is -0.394 e. The first-order valence-corrected chi connectivity index (χ1v) is 33.7. The Morgan fingerprint density at radius 3 is 0.795 bits per heavy atom. The third-order valence-electron chi connectivity index (χ3n) is 15.9. The monoisotopic (exact) mass is 1020 g/mol. The number of hydrogen-bond donors (Lipinski definition) is 3. The van der Waals surface area contributed by atoms with E-state index >= 15 is 0 Å². The van der Waals surface area contributed by atoms with Gasteiger partial charge >= 0.3 is 0 Å². The lowest BCUT2D eigenvalue weighted by Gasteiger charge is -2.19. The van der Waals surface area contributed by atoms with E-state index in [1.165, 1.54) is 321 Å². The first-order chi connectivity index (χ1) is 36.2. The first kappa shape index (κ1) is 71.6. The van der Waals surface area contributed by atoms with Crippen LogP contribution in [0.3, 0.4) is 0 Å². The van der Waals surface area contributed by atoms with Gasteiger partial charge in [0.1, 0.15) is 0 Å². The van der Waals surface area contributed by atoms with Crippen LogP contribution < -0.4 is 5.32 Å². The van der Waals surface area contributed by atoms with Crippen molar-refractivity contribution in [3.8, 4) is 0 Å². The van der Waals surface area contributed by atoms with Crippen molar-refractivity contribution < 1.29 is 15.0 Å². The second kappa shape index (κ2) is 64.9. The van der Waals surface area contributed by atoms with Gasteiger partial charge in [-0.05, 0) is 44.9 Å². The topological polar surface area (TPSA) is 69.6 Å². The molecule has 0 aliphatic rings. The average molecular weight is 1020 g/mol. The molecule has 1 amide bonds. The minimum atomic E-state index is -0.870. The zero-order valence-electron chi connectivity index (χ0n) is 49.9. The molecule has 2 atom stereocenters. The predicted molar refractivity (Wildman–Crippen MR) is 327 cm³/mol. The highest BCUT2D eigenvalue weighted by molar-refractivity contribution is 5.76. The van der Waals surface area contributed by atoms with Crippen molar-refractivity contribution in [3.05, 3.63) is 36.5 Å². The van der Waals surface area contributed by atoms with Gasteiger partial charge in [0.05, 0.1) is 18.8 Å². The normalized spacial score (nSPS) is 12.9. The van der Waals surface area contributed by atoms with Crippen LogP contribution in [0.1, 0.15) is 380 Å². The molecular weight excluding hydrogens is 891 g/mol. The molecule has 4 heteroatoms. The Hall–Kier alpha value is -1.39. The van der Waals surface area contributed by atoms with Crippen molar-refractivity contribution in [1.29, 1.82) is 0 Å². The largest absolute Gasteiger partial charge is 0.394 e. The number of hydrogen-bond acceptors (Lipinski definition) is 3. The van der Waals surface area contributed by atoms with Gasteiger partial charge in [0.2, 0.25) is 5.91 Å². The van der Waals surface area contributed by atoms with E-state index in [9.17, 15) is 15.0 Å². The Bertz CT molecular complexity index is 1110. The lowest BCUT2D eigenvalue weighted by Crippen LogP contribution is -2.45. The number of aliphatic hydroxyl groups excluding tert-OH is 2. The third kappa shape index (κ3) is 61.3. The zero-order valence-corrected chi connectivity index (χ0v) is 49.9. The molecule has 0 heterocycles. The summed E-state index contributed by atoms with van der Waals surface area (Å²) in [6.45, 7) is 4.34. The molecule has 0 radical (unpaired) electrons. The van der Waals surface area contributed by atoms with Crippen LogP contribution in [0.15, 0.2) is 36.5 Å². The zero-order chi connectivity index (χ0) is 52.7. The molecule has 0 saturated carbocycles. The van der Waals surface area contributed by atoms with Crippen LogP contribution in [-0.4, -0.2) is 34.9 Å². The van der Waals surface area contributed by atoms with Crippen LogP contribution in [0.25, 0.3) is 0 Å². The van der Waals surface area contributed by atoms with Gasteiger partial charge in [-0.2, -0.15) is 0 Å². The molecule has 0 fully saturated rings. The fourth-order valence-corrected chi connectivity index (χ4v) is 10.7. The van der Waals surface area contributed by atoms with E-state index in [-0.39, 0.29) is 12.5 Å². The molecule has 3 N–H and O–H groups in total. The highest BCUT2D eigenvalue weighted by Crippen LogP contribution is 2.19. The summed E-state index contributed by atoms with van der Waals surface area (Å²) in [5.41, 5.74) is 0. The summed E-state index contributed by atoms with van der Waals surface area (Å²) >= 11 is 0. The Kier molecular flexibility index (Phi) is 63.7. The summed E-state index contributed by atoms with van der Waals surface area (Å²) in [6.07, 6.45) is 89.4. The van der Waals surface area contributed by atoms with E-state index in [4.69, 9.17) is 0 Å². The molecule has 0 bridgehead atoms. The van der Waals surface area contributed by atoms with E-state index in [0.29, 0.717) is 6.42 Å². The van der Waals surface area contributed by atoms with Crippen LogP contribution in [-0.2, 0) is 4.79 Å². The van der Waals surface area contributed by atoms with Gasteiger partial charge in [-0.25, -0.2) is 0 Å². The van der Waals surface area contributed by atoms with Gasteiger partial charge in [-0.15, -0.1) is 0 Å². The Labute approximate surface area is 459 Å². The van der Waals surface area contributed by atoms with E-state index in [2.05, 4.69) is 43.5 Å². The molecule has 0 aromatic heterocycles. The molecule has 432 valence electrons. The van der Waals surface area contributed by atoms with Gasteiger partial charge in [-0.1, -0.05) is 365 Å². The highest BCUT2D eigenvalue weighted by atomic mass is 16.3. The van der Waals surface area contributed by atoms with Crippen molar-refractivity contribution >= 4 is 5.91 Å². The third-order valence-corrected chi connectivity index (χ3v) is 15.9. The maximum absolute atomic E-state index is 12.5. The van der Waals surface area contributed by atoms with E-state index in [1.807, 2.05) is 6.08 Å². The summed E-state index contributed by atoms with van der Waals surface area (Å²) in [5.74, 6) is -0.0698. The van der Waals surface area contributed by atoms with Crippen LogP contribution in [0.5, 0.6) is 0 Å². The van der Waals surface area contributed by atoms with Crippen molar-refractivity contribution in [2.24, 2.45) is 0 Å². The highest BCUT2D eigenvalue weighted by Gasteiger charge is 2.18. The average Bonchev–Trinajstić information content (AvgIpc) is 3.40. The fraction of sp³-hybridized carbons (Fsp3) is 0.899. The van der Waals surface area contributed by atoms with Gasteiger partial charge in [0.25, 0.3) is 0 Å². The number of rotatable bonds is 63.